The molecule has 4 rings (SSSR count). The van der Waals surface area contributed by atoms with Crippen LogP contribution in [0.1, 0.15) is 11.5 Å². The Morgan fingerprint density at radius 2 is 2.15 bits per heavy atom. The quantitative estimate of drug-likeness (QED) is 0.624. The molecule has 27 heavy (non-hydrogen) atoms. The maximum atomic E-state index is 6.46. The van der Waals surface area contributed by atoms with E-state index in [9.17, 15) is 0 Å². The molecule has 0 saturated heterocycles. The van der Waals surface area contributed by atoms with Gasteiger partial charge in [0.05, 0.1) is 23.1 Å². The fourth-order valence-corrected chi connectivity index (χ4v) is 2.92. The first-order chi connectivity index (χ1) is 13.1. The highest BCUT2D eigenvalue weighted by atomic mass is 35.5. The predicted molar refractivity (Wildman–Crippen MR) is 103 cm³/mol. The minimum absolute atomic E-state index is 0.440. The number of aliphatic imine (C=N–C) groups is 1. The van der Waals surface area contributed by atoms with E-state index >= 15 is 0 Å². The van der Waals surface area contributed by atoms with Gasteiger partial charge in [0, 0.05) is 18.8 Å². The summed E-state index contributed by atoms with van der Waals surface area (Å²) in [7, 11) is 0. The molecule has 0 saturated carbocycles. The van der Waals surface area contributed by atoms with Gasteiger partial charge in [0.15, 0.2) is 5.66 Å². The maximum Gasteiger partial charge on any atom is 0.215 e. The number of halogens is 1. The third kappa shape index (κ3) is 4.02. The van der Waals surface area contributed by atoms with E-state index in [1.165, 1.54) is 6.26 Å². The molecule has 4 N–H and O–H groups in total. The first kappa shape index (κ1) is 17.3. The maximum absolute atomic E-state index is 6.46. The number of aromatic nitrogens is 3. The molecule has 9 heteroatoms. The number of hydrogen-bond donors (Lipinski definition) is 3. The van der Waals surface area contributed by atoms with Crippen LogP contribution >= 0.6 is 11.6 Å². The molecule has 8 nitrogen and oxygen atoms in total. The molecule has 1 aliphatic heterocycles. The molecule has 3 aromatic rings. The number of benzene rings is 1. The van der Waals surface area contributed by atoms with Crippen LogP contribution in [-0.4, -0.2) is 26.4 Å². The van der Waals surface area contributed by atoms with Gasteiger partial charge in [0.2, 0.25) is 11.9 Å². The Labute approximate surface area is 160 Å². The molecule has 0 amide bonds. The van der Waals surface area contributed by atoms with E-state index in [1.807, 2.05) is 36.5 Å². The van der Waals surface area contributed by atoms with Crippen LogP contribution in [0.25, 0.3) is 0 Å². The number of rotatable bonds is 5. The van der Waals surface area contributed by atoms with Crippen molar-refractivity contribution in [2.24, 2.45) is 10.7 Å². The minimum atomic E-state index is -1.04. The Morgan fingerprint density at radius 1 is 1.30 bits per heavy atom. The third-order valence-corrected chi connectivity index (χ3v) is 4.49. The van der Waals surface area contributed by atoms with Crippen molar-refractivity contribution < 1.29 is 4.42 Å². The van der Waals surface area contributed by atoms with Gasteiger partial charge in [-0.2, -0.15) is 5.10 Å². The summed E-state index contributed by atoms with van der Waals surface area (Å²) in [5.74, 6) is 1.07. The normalized spacial score (nSPS) is 19.2. The van der Waals surface area contributed by atoms with E-state index in [0.29, 0.717) is 29.8 Å². The van der Waals surface area contributed by atoms with Crippen LogP contribution in [0.15, 0.2) is 75.8 Å². The highest BCUT2D eigenvalue weighted by Gasteiger charge is 2.32. The molecule has 0 radical (unpaired) electrons. The lowest BCUT2D eigenvalue weighted by molar-refractivity contribution is 0.465. The van der Waals surface area contributed by atoms with Crippen molar-refractivity contribution in [3.05, 3.63) is 77.9 Å². The topological polar surface area (TPSA) is 106 Å². The lowest BCUT2D eigenvalue weighted by atomic mass is 10.00. The number of guanidine groups is 1. The highest BCUT2D eigenvalue weighted by Crippen LogP contribution is 2.26. The Bertz CT molecular complexity index is 965. The molecule has 1 aromatic carbocycles. The van der Waals surface area contributed by atoms with E-state index < -0.39 is 5.66 Å². The van der Waals surface area contributed by atoms with Crippen molar-refractivity contribution in [1.29, 1.82) is 0 Å². The number of nitrogens with one attached hydrogen (secondary N) is 2. The van der Waals surface area contributed by atoms with Gasteiger partial charge in [-0.3, -0.25) is 4.68 Å². The fourth-order valence-electron chi connectivity index (χ4n) is 2.76. The second-order valence-electron chi connectivity index (χ2n) is 6.16. The number of hydrogen-bond acceptors (Lipinski definition) is 7. The molecule has 3 heterocycles. The third-order valence-electron chi connectivity index (χ3n) is 4.05. The lowest BCUT2D eigenvalue weighted by Crippen LogP contribution is -2.47. The molecule has 0 bridgehead atoms. The second kappa shape index (κ2) is 7.26. The van der Waals surface area contributed by atoms with Gasteiger partial charge in [0.25, 0.3) is 0 Å². The number of nitrogens with two attached hydrogens (primary N) is 1. The van der Waals surface area contributed by atoms with Crippen molar-refractivity contribution >= 4 is 23.2 Å². The highest BCUT2D eigenvalue weighted by molar-refractivity contribution is 6.31. The zero-order chi connectivity index (χ0) is 18.7. The largest absolute Gasteiger partial charge is 0.447 e. The number of anilines is 1. The van der Waals surface area contributed by atoms with Crippen LogP contribution in [0, 0.1) is 0 Å². The second-order valence-corrected chi connectivity index (χ2v) is 6.57. The smallest absolute Gasteiger partial charge is 0.215 e. The molecular weight excluding hydrogens is 366 g/mol. The van der Waals surface area contributed by atoms with E-state index in [1.54, 1.807) is 23.3 Å². The molecule has 2 aromatic heterocycles. The van der Waals surface area contributed by atoms with E-state index in [-0.39, 0.29) is 0 Å². The monoisotopic (exact) mass is 383 g/mol. The van der Waals surface area contributed by atoms with Crippen molar-refractivity contribution in [2.45, 2.75) is 18.6 Å². The van der Waals surface area contributed by atoms with Gasteiger partial charge in [0.1, 0.15) is 12.8 Å². The molecule has 138 valence electrons. The van der Waals surface area contributed by atoms with E-state index in [4.69, 9.17) is 21.8 Å². The Hall–Kier alpha value is -3.10. The van der Waals surface area contributed by atoms with E-state index in [2.05, 4.69) is 25.7 Å². The lowest BCUT2D eigenvalue weighted by Gasteiger charge is -2.29. The zero-order valence-electron chi connectivity index (χ0n) is 14.3. The van der Waals surface area contributed by atoms with Crippen LogP contribution in [0.5, 0.6) is 0 Å². The van der Waals surface area contributed by atoms with Gasteiger partial charge in [-0.05, 0) is 5.56 Å². The molecule has 1 unspecified atom stereocenters. The van der Waals surface area contributed by atoms with Gasteiger partial charge in [-0.25, -0.2) is 9.98 Å². The van der Waals surface area contributed by atoms with Gasteiger partial charge >= 0.3 is 0 Å². The summed E-state index contributed by atoms with van der Waals surface area (Å²) in [4.78, 5) is 8.66. The Balaban J connectivity index is 1.48. The summed E-state index contributed by atoms with van der Waals surface area (Å²) in [6.07, 6.45) is 8.77. The first-order valence-electron chi connectivity index (χ1n) is 8.34. The molecule has 0 spiro atoms. The number of oxazole rings is 1. The Morgan fingerprint density at radius 3 is 2.93 bits per heavy atom. The molecule has 1 atom stereocenters. The van der Waals surface area contributed by atoms with Gasteiger partial charge < -0.3 is 20.8 Å². The average Bonchev–Trinajstić information content (AvgIpc) is 3.32. The summed E-state index contributed by atoms with van der Waals surface area (Å²) in [6.45, 7) is 0.440. The Kier molecular flexibility index (Phi) is 4.66. The predicted octanol–water partition coefficient (Wildman–Crippen LogP) is 2.27. The van der Waals surface area contributed by atoms with Gasteiger partial charge in [-0.1, -0.05) is 41.9 Å². The molecule has 0 fully saturated rings. The number of nitrogens with zero attached hydrogens (tertiary/aromatic N) is 4. The summed E-state index contributed by atoms with van der Waals surface area (Å²) >= 11 is 6.33. The fraction of sp³-hybridized carbons (Fsp3) is 0.167. The van der Waals surface area contributed by atoms with Crippen LogP contribution in [0.2, 0.25) is 0 Å². The average molecular weight is 384 g/mol. The molecule has 1 aliphatic rings. The standard InChI is InChI=1S/C18H18ClN7O/c19-15-10-22-17(25-18(15,20)8-13-4-2-1-3-5-13)24-14-9-23-26(11-14)12-16-21-6-7-27-16/h1-7,9-11H,8,12,20H2,(H2,22,24,25). The van der Waals surface area contributed by atoms with Gasteiger partial charge in [-0.15, -0.1) is 0 Å². The van der Waals surface area contributed by atoms with Crippen molar-refractivity contribution in [3.8, 4) is 0 Å². The molecular formula is C18H18ClN7O. The summed E-state index contributed by atoms with van der Waals surface area (Å²) in [5, 5.41) is 10.9. The van der Waals surface area contributed by atoms with Crippen molar-refractivity contribution in [3.63, 3.8) is 0 Å². The van der Waals surface area contributed by atoms with Crippen molar-refractivity contribution in [2.75, 3.05) is 5.32 Å². The van der Waals surface area contributed by atoms with E-state index in [0.717, 1.165) is 11.3 Å². The van der Waals surface area contributed by atoms with Crippen LogP contribution in [-0.2, 0) is 13.0 Å². The SMILES string of the molecule is NC1(Cc2ccccc2)N=C(Nc2cnn(Cc3ncco3)c2)NC=C1Cl. The first-order valence-corrected chi connectivity index (χ1v) is 8.72. The summed E-state index contributed by atoms with van der Waals surface area (Å²) in [5.41, 5.74) is 7.23. The van der Waals surface area contributed by atoms with Crippen LogP contribution in [0.4, 0.5) is 5.69 Å². The summed E-state index contributed by atoms with van der Waals surface area (Å²) < 4.78 is 6.93. The molecule has 0 aliphatic carbocycles. The van der Waals surface area contributed by atoms with Crippen LogP contribution < -0.4 is 16.4 Å². The minimum Gasteiger partial charge on any atom is -0.447 e. The zero-order valence-corrected chi connectivity index (χ0v) is 15.1. The van der Waals surface area contributed by atoms with Crippen LogP contribution in [0.3, 0.4) is 0 Å². The van der Waals surface area contributed by atoms with Crippen molar-refractivity contribution in [1.82, 2.24) is 20.1 Å². The summed E-state index contributed by atoms with van der Waals surface area (Å²) in [6, 6.07) is 9.87.